The summed E-state index contributed by atoms with van der Waals surface area (Å²) in [6.45, 7) is 14.9. The van der Waals surface area contributed by atoms with E-state index in [1.165, 1.54) is 54.2 Å². The van der Waals surface area contributed by atoms with Gasteiger partial charge in [0.2, 0.25) is 0 Å². The molecule has 0 aliphatic carbocycles. The predicted molar refractivity (Wildman–Crippen MR) is 187 cm³/mol. The van der Waals surface area contributed by atoms with Gasteiger partial charge < -0.3 is 14.9 Å². The van der Waals surface area contributed by atoms with Gasteiger partial charge in [0.15, 0.2) is 0 Å². The van der Waals surface area contributed by atoms with E-state index in [0.717, 1.165) is 0 Å². The van der Waals surface area contributed by atoms with E-state index in [4.69, 9.17) is 0 Å². The number of fused-ring (bicyclic) bond motifs is 2. The smallest absolute Gasteiger partial charge is 0.358 e. The molecule has 0 saturated heterocycles. The van der Waals surface area contributed by atoms with Crippen molar-refractivity contribution in [2.75, 3.05) is 0 Å². The molecule has 0 unspecified atom stereocenters. The molecule has 6 rings (SSSR count). The van der Waals surface area contributed by atoms with Gasteiger partial charge in [-0.25, -0.2) is 0 Å². The summed E-state index contributed by atoms with van der Waals surface area (Å²) in [6.07, 6.45) is 0. The van der Waals surface area contributed by atoms with E-state index < -0.39 is 8.07 Å². The quantitative estimate of drug-likeness (QED) is 0.125. The zero-order chi connectivity index (χ0) is 27.4. The van der Waals surface area contributed by atoms with Crippen LogP contribution in [0.2, 0.25) is 10.1 Å². The van der Waals surface area contributed by atoms with Crippen molar-refractivity contribution in [3.05, 3.63) is 136 Å². The van der Waals surface area contributed by atoms with Gasteiger partial charge in [-0.3, -0.25) is 0 Å². The van der Waals surface area contributed by atoms with Gasteiger partial charge in [0.05, 0.1) is 8.07 Å². The molecule has 212 valence electrons. The number of hydrogen-bond acceptors (Lipinski definition) is 0. The molecule has 0 aromatic heterocycles. The summed E-state index contributed by atoms with van der Waals surface area (Å²) in [4.78, 5) is 0. The Morgan fingerprint density at radius 2 is 0.833 bits per heavy atom. The van der Waals surface area contributed by atoms with Crippen LogP contribution in [0.1, 0.15) is 41.5 Å². The van der Waals surface area contributed by atoms with Crippen LogP contribution in [0.15, 0.2) is 121 Å². The molecule has 0 radical (unpaired) electrons. The van der Waals surface area contributed by atoms with Crippen molar-refractivity contribution in [3.8, 4) is 22.3 Å². The maximum Gasteiger partial charge on any atom is 4.00 e. The first kappa shape index (κ1) is 33.7. The second-order valence-corrected chi connectivity index (χ2v) is 18.7. The Bertz CT molecular complexity index is 1620. The van der Waals surface area contributed by atoms with Crippen LogP contribution in [-0.4, -0.2) is 8.07 Å². The summed E-state index contributed by atoms with van der Waals surface area (Å²) in [5.74, 6) is 0. The largest absolute Gasteiger partial charge is 4.00 e. The fourth-order valence-electron chi connectivity index (χ4n) is 7.67. The average Bonchev–Trinajstić information content (AvgIpc) is 3.53. The minimum Gasteiger partial charge on any atom is -0.358 e. The molecule has 42 heavy (non-hydrogen) atoms. The van der Waals surface area contributed by atoms with Crippen molar-refractivity contribution >= 4 is 40.0 Å². The molecule has 0 bridgehead atoms. The van der Waals surface area contributed by atoms with Gasteiger partial charge in [0.25, 0.3) is 0 Å². The molecule has 0 saturated carbocycles. The van der Waals surface area contributed by atoms with Crippen molar-refractivity contribution in [2.45, 2.75) is 51.6 Å². The number of hydrogen-bond donors (Lipinski definition) is 0. The van der Waals surface area contributed by atoms with Gasteiger partial charge in [-0.15, -0.1) is 68.3 Å². The van der Waals surface area contributed by atoms with Crippen molar-refractivity contribution in [1.82, 2.24) is 0 Å². The minimum atomic E-state index is -2.36. The summed E-state index contributed by atoms with van der Waals surface area (Å²) in [5, 5.41) is 8.69. The Kier molecular flexibility index (Phi) is 9.97. The molecule has 0 N–H and O–H groups in total. The molecule has 0 aliphatic heterocycles. The molecule has 2 heteroatoms. The van der Waals surface area contributed by atoms with E-state index in [2.05, 4.69) is 163 Å². The van der Waals surface area contributed by atoms with Gasteiger partial charge in [-0.2, -0.15) is 12.1 Å². The first-order valence-corrected chi connectivity index (χ1v) is 16.1. The standard InChI is InChI=1S/C38H38Si.2CH3.Hf/c1-37(2,3)39(38(4,5)6,31-23-29-19-13-21-33(35(29)25-31)27-15-9-7-10-16-27)32-24-30-20-14-22-34(36(30)26-32)28-17-11-8-12-18-28;;;/h7-26H,1-6H3;2*1H3;/q-2;2*-1;+4. The first-order chi connectivity index (χ1) is 18.6. The Morgan fingerprint density at radius 3 is 1.17 bits per heavy atom. The van der Waals surface area contributed by atoms with Crippen molar-refractivity contribution in [1.29, 1.82) is 0 Å². The van der Waals surface area contributed by atoms with Crippen LogP contribution >= 0.6 is 0 Å². The van der Waals surface area contributed by atoms with Gasteiger partial charge in [0.1, 0.15) is 0 Å². The van der Waals surface area contributed by atoms with E-state index in [9.17, 15) is 0 Å². The fourth-order valence-corrected chi connectivity index (χ4v) is 15.2. The maximum atomic E-state index is 2.55. The Morgan fingerprint density at radius 1 is 0.476 bits per heavy atom. The Labute approximate surface area is 274 Å². The first-order valence-electron chi connectivity index (χ1n) is 14.1. The molecule has 0 aliphatic rings. The fraction of sp³-hybridized carbons (Fsp3) is 0.200. The van der Waals surface area contributed by atoms with Crippen LogP contribution in [0.5, 0.6) is 0 Å². The SMILES string of the molecule is CC(C)(C)[Si](c1cc2c(-c3ccccc3)cccc2[cH-]1)(c1cc2c(-c3ccccc3)cccc2[cH-]1)C(C)(C)C.[CH3-].[CH3-].[Hf+4]. The molecule has 0 spiro atoms. The molecule has 6 aromatic rings. The van der Waals surface area contributed by atoms with Crippen molar-refractivity contribution in [2.24, 2.45) is 0 Å². The van der Waals surface area contributed by atoms with E-state index >= 15 is 0 Å². The van der Waals surface area contributed by atoms with Crippen LogP contribution < -0.4 is 10.4 Å². The van der Waals surface area contributed by atoms with Crippen molar-refractivity contribution in [3.63, 3.8) is 0 Å². The van der Waals surface area contributed by atoms with Crippen LogP contribution in [0.3, 0.4) is 0 Å². The molecular weight excluding hydrogens is 687 g/mol. The average molecular weight is 731 g/mol. The minimum absolute atomic E-state index is 0. The third-order valence-electron chi connectivity index (χ3n) is 8.79. The summed E-state index contributed by atoms with van der Waals surface area (Å²) in [5.41, 5.74) is 5.21. The summed E-state index contributed by atoms with van der Waals surface area (Å²) in [6, 6.07) is 45.4. The number of benzene rings is 4. The second kappa shape index (κ2) is 12.4. The van der Waals surface area contributed by atoms with Crippen LogP contribution in [0, 0.1) is 14.9 Å². The molecule has 0 heterocycles. The van der Waals surface area contributed by atoms with Gasteiger partial charge in [-0.1, -0.05) is 125 Å². The van der Waals surface area contributed by atoms with Gasteiger partial charge in [0, 0.05) is 0 Å². The van der Waals surface area contributed by atoms with Crippen molar-refractivity contribution < 1.29 is 25.8 Å². The summed E-state index contributed by atoms with van der Waals surface area (Å²) >= 11 is 0. The zero-order valence-electron chi connectivity index (χ0n) is 26.5. The molecule has 0 fully saturated rings. The monoisotopic (exact) mass is 732 g/mol. The van der Waals surface area contributed by atoms with Crippen LogP contribution in [0.4, 0.5) is 0 Å². The van der Waals surface area contributed by atoms with E-state index in [1.807, 2.05) is 0 Å². The van der Waals surface area contributed by atoms with E-state index in [1.54, 1.807) is 0 Å². The molecular formula is C40H44HfSi. The summed E-state index contributed by atoms with van der Waals surface area (Å²) < 4.78 is 0. The maximum absolute atomic E-state index is 2.55. The molecule has 0 nitrogen and oxygen atoms in total. The Balaban J connectivity index is 0.00000161. The van der Waals surface area contributed by atoms with Gasteiger partial charge in [-0.05, 0) is 21.2 Å². The van der Waals surface area contributed by atoms with E-state index in [0.29, 0.717) is 0 Å². The van der Waals surface area contributed by atoms with E-state index in [-0.39, 0.29) is 50.8 Å². The third-order valence-corrected chi connectivity index (χ3v) is 15.6. The van der Waals surface area contributed by atoms with Crippen LogP contribution in [-0.2, 0) is 25.8 Å². The Hall–Kier alpha value is -2.81. The summed E-state index contributed by atoms with van der Waals surface area (Å²) in [7, 11) is -2.36. The molecule has 0 amide bonds. The van der Waals surface area contributed by atoms with Crippen LogP contribution in [0.25, 0.3) is 43.8 Å². The molecule has 0 atom stereocenters. The zero-order valence-corrected chi connectivity index (χ0v) is 31.1. The van der Waals surface area contributed by atoms with Gasteiger partial charge >= 0.3 is 25.8 Å². The molecule has 6 aromatic carbocycles. The topological polar surface area (TPSA) is 0 Å². The third kappa shape index (κ3) is 5.37. The number of rotatable bonds is 4. The second-order valence-electron chi connectivity index (χ2n) is 13.1. The predicted octanol–water partition coefficient (Wildman–Crippen LogP) is 10.8. The normalized spacial score (nSPS) is 12.0.